The second kappa shape index (κ2) is 5.63. The Morgan fingerprint density at radius 1 is 1.32 bits per heavy atom. The number of nitrogens with one attached hydrogen (secondary N) is 1. The standard InChI is InChI=1S/C12H15ClNO4P/c1-3-17-19(16,18-4-2)12-9-6-5-8(13)7-10(9)11(15)14-12/h5-7,12H,3-4H2,1-2H3,(H,14,15). The Hall–Kier alpha value is -0.870. The van der Waals surface area contributed by atoms with E-state index in [2.05, 4.69) is 5.32 Å². The molecule has 0 saturated carbocycles. The van der Waals surface area contributed by atoms with Crippen LogP contribution in [0.1, 0.15) is 35.6 Å². The van der Waals surface area contributed by atoms with E-state index >= 15 is 0 Å². The molecule has 0 spiro atoms. The fraction of sp³-hybridized carbons (Fsp3) is 0.417. The molecule has 1 atom stereocenters. The topological polar surface area (TPSA) is 64.6 Å². The van der Waals surface area contributed by atoms with Crippen molar-refractivity contribution in [2.75, 3.05) is 13.2 Å². The molecule has 0 radical (unpaired) electrons. The van der Waals surface area contributed by atoms with E-state index in [0.29, 0.717) is 16.1 Å². The third-order valence-corrected chi connectivity index (χ3v) is 5.27. The number of benzene rings is 1. The molecule has 1 aliphatic heterocycles. The summed E-state index contributed by atoms with van der Waals surface area (Å²) in [7, 11) is -3.43. The van der Waals surface area contributed by atoms with E-state index in [4.69, 9.17) is 20.6 Å². The van der Waals surface area contributed by atoms with Gasteiger partial charge in [-0.15, -0.1) is 0 Å². The van der Waals surface area contributed by atoms with Crippen LogP contribution in [-0.2, 0) is 13.6 Å². The van der Waals surface area contributed by atoms with Crippen LogP contribution in [0, 0.1) is 0 Å². The molecule has 0 aliphatic carbocycles. The van der Waals surface area contributed by atoms with E-state index < -0.39 is 13.4 Å². The first-order valence-electron chi connectivity index (χ1n) is 6.01. The van der Waals surface area contributed by atoms with Crippen molar-refractivity contribution < 1.29 is 18.4 Å². The van der Waals surface area contributed by atoms with Crippen LogP contribution in [0.25, 0.3) is 0 Å². The molecule has 7 heteroatoms. The van der Waals surface area contributed by atoms with Gasteiger partial charge in [-0.05, 0) is 31.5 Å². The Balaban J connectivity index is 2.43. The van der Waals surface area contributed by atoms with Gasteiger partial charge in [0.2, 0.25) is 0 Å². The van der Waals surface area contributed by atoms with Gasteiger partial charge in [0.05, 0.1) is 13.2 Å². The van der Waals surface area contributed by atoms with Gasteiger partial charge in [0.15, 0.2) is 5.78 Å². The zero-order valence-electron chi connectivity index (χ0n) is 10.7. The quantitative estimate of drug-likeness (QED) is 0.847. The number of hydrogen-bond donors (Lipinski definition) is 1. The van der Waals surface area contributed by atoms with Gasteiger partial charge in [-0.2, -0.15) is 0 Å². The van der Waals surface area contributed by atoms with Crippen molar-refractivity contribution in [3.05, 3.63) is 34.3 Å². The SMILES string of the molecule is CCOP(=O)(OCC)C1NC(=O)c2cc(Cl)ccc21. The second-order valence-electron chi connectivity index (χ2n) is 3.98. The molecule has 5 nitrogen and oxygen atoms in total. The number of hydrogen-bond acceptors (Lipinski definition) is 4. The summed E-state index contributed by atoms with van der Waals surface area (Å²) >= 11 is 5.86. The first kappa shape index (κ1) is 14.5. The smallest absolute Gasteiger partial charge is 0.334 e. The predicted octanol–water partition coefficient (Wildman–Crippen LogP) is 3.35. The molecule has 1 unspecified atom stereocenters. The first-order valence-corrected chi connectivity index (χ1v) is 8.00. The maximum atomic E-state index is 12.7. The van der Waals surface area contributed by atoms with Crippen molar-refractivity contribution in [1.82, 2.24) is 5.32 Å². The zero-order valence-corrected chi connectivity index (χ0v) is 12.3. The van der Waals surface area contributed by atoms with E-state index in [1.165, 1.54) is 0 Å². The van der Waals surface area contributed by atoms with E-state index in [0.717, 1.165) is 0 Å². The van der Waals surface area contributed by atoms with Gasteiger partial charge in [-0.3, -0.25) is 9.36 Å². The van der Waals surface area contributed by atoms with E-state index in [1.54, 1.807) is 32.0 Å². The average Bonchev–Trinajstić information content (AvgIpc) is 2.68. The van der Waals surface area contributed by atoms with Gasteiger partial charge < -0.3 is 14.4 Å². The summed E-state index contributed by atoms with van der Waals surface area (Å²) in [6.07, 6.45) is 0. The van der Waals surface area contributed by atoms with E-state index in [9.17, 15) is 9.36 Å². The highest BCUT2D eigenvalue weighted by Crippen LogP contribution is 2.61. The number of halogens is 1. The highest BCUT2D eigenvalue weighted by molar-refractivity contribution is 7.54. The summed E-state index contributed by atoms with van der Waals surface area (Å²) in [4.78, 5) is 11.9. The summed E-state index contributed by atoms with van der Waals surface area (Å²) in [6.45, 7) is 3.94. The van der Waals surface area contributed by atoms with Crippen molar-refractivity contribution >= 4 is 25.1 Å². The molecule has 0 aromatic heterocycles. The van der Waals surface area contributed by atoms with Crippen molar-refractivity contribution in [1.29, 1.82) is 0 Å². The number of amides is 1. The van der Waals surface area contributed by atoms with Crippen molar-refractivity contribution in [2.45, 2.75) is 19.6 Å². The maximum Gasteiger partial charge on any atom is 0.357 e. The molecule has 1 amide bonds. The molecule has 104 valence electrons. The summed E-state index contributed by atoms with van der Waals surface area (Å²) in [6, 6.07) is 4.87. The minimum atomic E-state index is -3.43. The highest BCUT2D eigenvalue weighted by Gasteiger charge is 2.44. The summed E-state index contributed by atoms with van der Waals surface area (Å²) < 4.78 is 23.3. The minimum Gasteiger partial charge on any atom is -0.334 e. The molecule has 1 aromatic rings. The zero-order chi connectivity index (χ0) is 14.0. The second-order valence-corrected chi connectivity index (χ2v) is 6.53. The van der Waals surface area contributed by atoms with Crippen LogP contribution in [0.5, 0.6) is 0 Å². The molecule has 19 heavy (non-hydrogen) atoms. The normalized spacial score (nSPS) is 18.3. The highest BCUT2D eigenvalue weighted by atomic mass is 35.5. The van der Waals surface area contributed by atoms with Gasteiger partial charge >= 0.3 is 7.60 Å². The van der Waals surface area contributed by atoms with E-state index in [1.807, 2.05) is 0 Å². The Morgan fingerprint density at radius 2 is 1.95 bits per heavy atom. The Kier molecular flexibility index (Phi) is 4.31. The largest absolute Gasteiger partial charge is 0.357 e. The van der Waals surface area contributed by atoms with Crippen LogP contribution < -0.4 is 5.32 Å². The molecular formula is C12H15ClNO4P. The fourth-order valence-corrected chi connectivity index (χ4v) is 4.14. The van der Waals surface area contributed by atoms with Gasteiger partial charge in [0.1, 0.15) is 0 Å². The number of fused-ring (bicyclic) bond motifs is 1. The van der Waals surface area contributed by atoms with Crippen LogP contribution in [0.3, 0.4) is 0 Å². The summed E-state index contributed by atoms with van der Waals surface area (Å²) in [5, 5.41) is 3.10. The lowest BCUT2D eigenvalue weighted by molar-refractivity contribution is 0.0956. The van der Waals surface area contributed by atoms with Crippen LogP contribution >= 0.6 is 19.2 Å². The average molecular weight is 304 g/mol. The molecule has 0 fully saturated rings. The lowest BCUT2D eigenvalue weighted by atomic mass is 10.1. The minimum absolute atomic E-state index is 0.243. The lowest BCUT2D eigenvalue weighted by Crippen LogP contribution is -2.21. The molecule has 1 heterocycles. The van der Waals surface area contributed by atoms with Gasteiger partial charge in [-0.1, -0.05) is 17.7 Å². The van der Waals surface area contributed by atoms with Crippen molar-refractivity contribution in [3.63, 3.8) is 0 Å². The Labute approximate surface area is 116 Å². The van der Waals surface area contributed by atoms with Crippen molar-refractivity contribution in [2.24, 2.45) is 0 Å². The molecule has 1 aliphatic rings. The van der Waals surface area contributed by atoms with Crippen LogP contribution in [0.15, 0.2) is 18.2 Å². The van der Waals surface area contributed by atoms with Crippen LogP contribution in [0.4, 0.5) is 0 Å². The maximum absolute atomic E-state index is 12.7. The van der Waals surface area contributed by atoms with Crippen LogP contribution in [0.2, 0.25) is 5.02 Å². The fourth-order valence-electron chi connectivity index (χ4n) is 2.04. The molecule has 0 bridgehead atoms. The molecule has 1 aromatic carbocycles. The molecule has 0 saturated heterocycles. The first-order chi connectivity index (χ1) is 9.01. The van der Waals surface area contributed by atoms with Crippen molar-refractivity contribution in [3.8, 4) is 0 Å². The predicted molar refractivity (Wildman–Crippen MR) is 72.5 cm³/mol. The Morgan fingerprint density at radius 3 is 2.53 bits per heavy atom. The Bertz CT molecular complexity index is 539. The molecule has 1 N–H and O–H groups in total. The van der Waals surface area contributed by atoms with Crippen LogP contribution in [-0.4, -0.2) is 19.1 Å². The molecule has 2 rings (SSSR count). The summed E-state index contributed by atoms with van der Waals surface area (Å²) in [5.41, 5.74) is 1.01. The van der Waals surface area contributed by atoms with Gasteiger partial charge in [0, 0.05) is 10.6 Å². The molecular weight excluding hydrogens is 289 g/mol. The number of rotatable bonds is 5. The lowest BCUT2D eigenvalue weighted by Gasteiger charge is -2.23. The number of carbonyl (C=O) groups is 1. The third kappa shape index (κ3) is 2.70. The third-order valence-electron chi connectivity index (χ3n) is 2.76. The van der Waals surface area contributed by atoms with Gasteiger partial charge in [-0.25, -0.2) is 0 Å². The van der Waals surface area contributed by atoms with E-state index in [-0.39, 0.29) is 19.1 Å². The van der Waals surface area contributed by atoms with Gasteiger partial charge in [0.25, 0.3) is 5.91 Å². The number of carbonyl (C=O) groups excluding carboxylic acids is 1. The summed E-state index contributed by atoms with van der Waals surface area (Å²) in [5.74, 6) is -1.09. The monoisotopic (exact) mass is 303 g/mol.